The van der Waals surface area contributed by atoms with Crippen LogP contribution in [-0.4, -0.2) is 11.1 Å². The van der Waals surface area contributed by atoms with E-state index < -0.39 is 5.97 Å². The summed E-state index contributed by atoms with van der Waals surface area (Å²) in [6, 6.07) is 0. The molecule has 0 bridgehead atoms. The molecule has 0 aromatic rings. The predicted molar refractivity (Wildman–Crippen MR) is 100 cm³/mol. The third-order valence-corrected chi connectivity index (χ3v) is 3.10. The molecule has 23 heavy (non-hydrogen) atoms. The summed E-state index contributed by atoms with van der Waals surface area (Å²) in [6.07, 6.45) is 31.3. The van der Waals surface area contributed by atoms with E-state index >= 15 is 0 Å². The van der Waals surface area contributed by atoms with Gasteiger partial charge in [-0.15, -0.1) is 0 Å². The Hall–Kier alpha value is -2.09. The van der Waals surface area contributed by atoms with E-state index in [-0.39, 0.29) is 0 Å². The van der Waals surface area contributed by atoms with Crippen LogP contribution in [0.15, 0.2) is 72.9 Å². The summed E-state index contributed by atoms with van der Waals surface area (Å²) in [5.41, 5.74) is 0. The van der Waals surface area contributed by atoms with Crippen molar-refractivity contribution in [1.29, 1.82) is 0 Å². The number of rotatable bonds is 13. The number of carboxylic acids is 1. The maximum absolute atomic E-state index is 10.2. The van der Waals surface area contributed by atoms with Crippen LogP contribution < -0.4 is 0 Å². The normalized spacial score (nSPS) is 13.1. The highest BCUT2D eigenvalue weighted by Gasteiger charge is 1.87. The Balaban J connectivity index is 3.61. The van der Waals surface area contributed by atoms with Crippen LogP contribution in [0.2, 0.25) is 0 Å². The number of carboxylic acid groups (broad SMARTS) is 1. The van der Waals surface area contributed by atoms with Crippen LogP contribution in [0.5, 0.6) is 0 Å². The maximum Gasteiger partial charge on any atom is 0.328 e. The summed E-state index contributed by atoms with van der Waals surface area (Å²) in [5, 5.41) is 8.39. The largest absolute Gasteiger partial charge is 0.478 e. The molecule has 0 aromatic heterocycles. The molecule has 0 unspecified atom stereocenters. The molecule has 0 heterocycles. The molecule has 0 saturated carbocycles. The molecule has 0 aliphatic rings. The minimum absolute atomic E-state index is 0.937. The van der Waals surface area contributed by atoms with Crippen LogP contribution in [0, 0.1) is 0 Å². The van der Waals surface area contributed by atoms with Crippen molar-refractivity contribution in [2.45, 2.75) is 51.9 Å². The van der Waals surface area contributed by atoms with Crippen molar-refractivity contribution in [3.63, 3.8) is 0 Å². The quantitative estimate of drug-likeness (QED) is 0.251. The van der Waals surface area contributed by atoms with Crippen LogP contribution >= 0.6 is 0 Å². The third kappa shape index (κ3) is 19.9. The summed E-state index contributed by atoms with van der Waals surface area (Å²) >= 11 is 0. The first kappa shape index (κ1) is 20.9. The Labute approximate surface area is 141 Å². The molecule has 126 valence electrons. The lowest BCUT2D eigenvalue weighted by Crippen LogP contribution is -1.84. The lowest BCUT2D eigenvalue weighted by Gasteiger charge is -1.97. The van der Waals surface area contributed by atoms with Crippen LogP contribution in [0.3, 0.4) is 0 Å². The summed E-state index contributed by atoms with van der Waals surface area (Å²) in [5.74, 6) is -0.937. The lowest BCUT2D eigenvalue weighted by atomic mass is 10.1. The molecule has 0 atom stereocenters. The van der Waals surface area contributed by atoms with E-state index in [1.807, 2.05) is 36.5 Å². The van der Waals surface area contributed by atoms with Crippen molar-refractivity contribution in [2.24, 2.45) is 0 Å². The van der Waals surface area contributed by atoms with Crippen molar-refractivity contribution in [2.75, 3.05) is 0 Å². The highest BCUT2D eigenvalue weighted by atomic mass is 16.4. The minimum atomic E-state index is -0.937. The summed E-state index contributed by atoms with van der Waals surface area (Å²) < 4.78 is 0. The van der Waals surface area contributed by atoms with E-state index in [1.165, 1.54) is 44.6 Å². The molecule has 0 aromatic carbocycles. The standard InChI is InChI=1S/C21H30O2/c1-2-3-4-5-6-7-8-9-10-11-12-13-14-15-16-17-18-19-20-21(22)23/h9-20H,2-8H2,1H3,(H,22,23). The second-order valence-electron chi connectivity index (χ2n) is 5.22. The van der Waals surface area contributed by atoms with Crippen LogP contribution in [0.4, 0.5) is 0 Å². The zero-order valence-electron chi connectivity index (χ0n) is 14.2. The van der Waals surface area contributed by atoms with Gasteiger partial charge in [-0.3, -0.25) is 0 Å². The van der Waals surface area contributed by atoms with Crippen molar-refractivity contribution >= 4 is 5.97 Å². The van der Waals surface area contributed by atoms with E-state index in [1.54, 1.807) is 12.2 Å². The molecule has 0 radical (unpaired) electrons. The molecule has 0 aliphatic heterocycles. The van der Waals surface area contributed by atoms with E-state index in [9.17, 15) is 4.79 Å². The van der Waals surface area contributed by atoms with Gasteiger partial charge in [0, 0.05) is 6.08 Å². The summed E-state index contributed by atoms with van der Waals surface area (Å²) in [7, 11) is 0. The fourth-order valence-corrected chi connectivity index (χ4v) is 1.87. The summed E-state index contributed by atoms with van der Waals surface area (Å²) in [4.78, 5) is 10.2. The second-order valence-corrected chi connectivity index (χ2v) is 5.22. The molecule has 0 saturated heterocycles. The number of hydrogen-bond acceptors (Lipinski definition) is 1. The zero-order valence-corrected chi connectivity index (χ0v) is 14.2. The molecular formula is C21H30O2. The Morgan fingerprint density at radius 2 is 1.17 bits per heavy atom. The molecule has 0 aliphatic carbocycles. The van der Waals surface area contributed by atoms with Gasteiger partial charge in [0.1, 0.15) is 0 Å². The van der Waals surface area contributed by atoms with Crippen molar-refractivity contribution < 1.29 is 9.90 Å². The van der Waals surface area contributed by atoms with Crippen molar-refractivity contribution in [1.82, 2.24) is 0 Å². The van der Waals surface area contributed by atoms with Gasteiger partial charge in [-0.2, -0.15) is 0 Å². The molecule has 2 heteroatoms. The molecule has 0 amide bonds. The molecule has 0 fully saturated rings. The SMILES string of the molecule is CCCCCCCCC=CC=CC=CC=CC=CC=CC(=O)O. The van der Waals surface area contributed by atoms with Crippen LogP contribution in [0.1, 0.15) is 51.9 Å². The van der Waals surface area contributed by atoms with E-state index in [2.05, 4.69) is 19.1 Å². The Morgan fingerprint density at radius 1 is 0.696 bits per heavy atom. The monoisotopic (exact) mass is 314 g/mol. The number of carbonyl (C=O) groups is 1. The molecule has 2 nitrogen and oxygen atoms in total. The fourth-order valence-electron chi connectivity index (χ4n) is 1.87. The average molecular weight is 314 g/mol. The van der Waals surface area contributed by atoms with Gasteiger partial charge in [0.15, 0.2) is 0 Å². The molecule has 0 spiro atoms. The van der Waals surface area contributed by atoms with Gasteiger partial charge in [0.25, 0.3) is 0 Å². The van der Waals surface area contributed by atoms with E-state index in [4.69, 9.17) is 5.11 Å². The number of hydrogen-bond donors (Lipinski definition) is 1. The Bertz CT molecular complexity index is 448. The Kier molecular flexibility index (Phi) is 16.3. The van der Waals surface area contributed by atoms with E-state index in [0.29, 0.717) is 0 Å². The van der Waals surface area contributed by atoms with Crippen molar-refractivity contribution in [3.8, 4) is 0 Å². The first-order valence-electron chi connectivity index (χ1n) is 8.50. The second kappa shape index (κ2) is 18.0. The topological polar surface area (TPSA) is 37.3 Å². The smallest absolute Gasteiger partial charge is 0.328 e. The zero-order chi connectivity index (χ0) is 17.0. The first-order valence-corrected chi connectivity index (χ1v) is 8.50. The third-order valence-electron chi connectivity index (χ3n) is 3.10. The fraction of sp³-hybridized carbons (Fsp3) is 0.381. The van der Waals surface area contributed by atoms with Crippen LogP contribution in [-0.2, 0) is 4.79 Å². The Morgan fingerprint density at radius 3 is 1.74 bits per heavy atom. The average Bonchev–Trinajstić information content (AvgIpc) is 2.53. The minimum Gasteiger partial charge on any atom is -0.478 e. The van der Waals surface area contributed by atoms with Gasteiger partial charge < -0.3 is 5.11 Å². The lowest BCUT2D eigenvalue weighted by molar-refractivity contribution is -0.131. The van der Waals surface area contributed by atoms with Gasteiger partial charge in [0.05, 0.1) is 0 Å². The molecule has 1 N–H and O–H groups in total. The van der Waals surface area contributed by atoms with Crippen molar-refractivity contribution in [3.05, 3.63) is 72.9 Å². The predicted octanol–water partition coefficient (Wildman–Crippen LogP) is 6.16. The molecular weight excluding hydrogens is 284 g/mol. The number of aliphatic carboxylic acids is 1. The molecule has 0 rings (SSSR count). The number of allylic oxidation sites excluding steroid dienone is 11. The highest BCUT2D eigenvalue weighted by Crippen LogP contribution is 2.07. The van der Waals surface area contributed by atoms with Gasteiger partial charge >= 0.3 is 5.97 Å². The van der Waals surface area contributed by atoms with Gasteiger partial charge in [0.2, 0.25) is 0 Å². The van der Waals surface area contributed by atoms with E-state index in [0.717, 1.165) is 12.5 Å². The van der Waals surface area contributed by atoms with Gasteiger partial charge in [-0.1, -0.05) is 106 Å². The van der Waals surface area contributed by atoms with Crippen LogP contribution in [0.25, 0.3) is 0 Å². The number of unbranched alkanes of at least 4 members (excludes halogenated alkanes) is 6. The first-order chi connectivity index (χ1) is 11.3. The highest BCUT2D eigenvalue weighted by molar-refractivity contribution is 5.80. The maximum atomic E-state index is 10.2. The summed E-state index contributed by atoms with van der Waals surface area (Å²) in [6.45, 7) is 2.25. The van der Waals surface area contributed by atoms with Gasteiger partial charge in [-0.05, 0) is 12.8 Å². The van der Waals surface area contributed by atoms with Gasteiger partial charge in [-0.25, -0.2) is 4.79 Å².